The molecule has 2 aromatic heterocycles. The molecular formula is C11H14ClN3OS. The second-order valence-corrected chi connectivity index (χ2v) is 5.13. The molecule has 0 aliphatic rings. The smallest absolute Gasteiger partial charge is 0.200 e. The normalized spacial score (nSPS) is 11.0. The summed E-state index contributed by atoms with van der Waals surface area (Å²) < 4.78 is 7.37. The predicted octanol–water partition coefficient (Wildman–Crippen LogP) is 3.10. The van der Waals surface area contributed by atoms with Gasteiger partial charge in [0, 0.05) is 18.7 Å². The Kier molecular flexibility index (Phi) is 4.12. The number of rotatable bonds is 5. The van der Waals surface area contributed by atoms with Crippen molar-refractivity contribution in [1.29, 1.82) is 0 Å². The Morgan fingerprint density at radius 1 is 1.47 bits per heavy atom. The highest BCUT2D eigenvalue weighted by Crippen LogP contribution is 2.25. The SMILES string of the molecule is Cc1ccoc1-c1nnc(SCCCCl)n1C. The van der Waals surface area contributed by atoms with E-state index >= 15 is 0 Å². The van der Waals surface area contributed by atoms with Gasteiger partial charge in [0.05, 0.1) is 6.26 Å². The van der Waals surface area contributed by atoms with Crippen LogP contribution in [0.3, 0.4) is 0 Å². The molecule has 2 heterocycles. The maximum atomic E-state index is 5.64. The van der Waals surface area contributed by atoms with Crippen molar-refractivity contribution < 1.29 is 4.42 Å². The van der Waals surface area contributed by atoms with Crippen LogP contribution in [-0.4, -0.2) is 26.4 Å². The highest BCUT2D eigenvalue weighted by Gasteiger charge is 2.15. The van der Waals surface area contributed by atoms with Gasteiger partial charge in [-0.05, 0) is 25.0 Å². The molecule has 2 rings (SSSR count). The van der Waals surface area contributed by atoms with Crippen LogP contribution in [0.4, 0.5) is 0 Å². The molecule has 0 aromatic carbocycles. The molecule has 0 saturated carbocycles. The third-order valence-electron chi connectivity index (χ3n) is 2.41. The third-order valence-corrected chi connectivity index (χ3v) is 3.78. The third kappa shape index (κ3) is 2.66. The summed E-state index contributed by atoms with van der Waals surface area (Å²) >= 11 is 7.30. The predicted molar refractivity (Wildman–Crippen MR) is 69.5 cm³/mol. The van der Waals surface area contributed by atoms with E-state index in [0.29, 0.717) is 5.88 Å². The number of hydrogen-bond donors (Lipinski definition) is 0. The molecule has 0 bridgehead atoms. The number of nitrogens with zero attached hydrogens (tertiary/aromatic N) is 3. The van der Waals surface area contributed by atoms with Gasteiger partial charge < -0.3 is 8.98 Å². The number of thioether (sulfide) groups is 1. The fourth-order valence-electron chi connectivity index (χ4n) is 1.46. The zero-order chi connectivity index (χ0) is 12.3. The highest BCUT2D eigenvalue weighted by atomic mass is 35.5. The van der Waals surface area contributed by atoms with Crippen molar-refractivity contribution in [2.45, 2.75) is 18.5 Å². The van der Waals surface area contributed by atoms with E-state index in [9.17, 15) is 0 Å². The summed E-state index contributed by atoms with van der Waals surface area (Å²) in [6.45, 7) is 1.99. The molecule has 2 aromatic rings. The molecule has 4 nitrogen and oxygen atoms in total. The lowest BCUT2D eigenvalue weighted by Crippen LogP contribution is -1.95. The Hall–Kier alpha value is -0.940. The zero-order valence-electron chi connectivity index (χ0n) is 9.81. The van der Waals surface area contributed by atoms with Crippen LogP contribution in [0.25, 0.3) is 11.6 Å². The molecule has 0 aliphatic heterocycles. The van der Waals surface area contributed by atoms with Crippen molar-refractivity contribution in [2.75, 3.05) is 11.6 Å². The van der Waals surface area contributed by atoms with Gasteiger partial charge in [-0.3, -0.25) is 0 Å². The molecule has 0 radical (unpaired) electrons. The lowest BCUT2D eigenvalue weighted by atomic mass is 10.3. The fraction of sp³-hybridized carbons (Fsp3) is 0.455. The van der Waals surface area contributed by atoms with Gasteiger partial charge in [0.2, 0.25) is 0 Å². The van der Waals surface area contributed by atoms with Crippen molar-refractivity contribution in [3.8, 4) is 11.6 Å². The standard InChI is InChI=1S/C11H14ClN3OS/c1-8-4-6-16-9(8)10-13-14-11(15(10)2)17-7-3-5-12/h4,6H,3,5,7H2,1-2H3. The van der Waals surface area contributed by atoms with Crippen LogP contribution in [0, 0.1) is 6.92 Å². The maximum absolute atomic E-state index is 5.64. The summed E-state index contributed by atoms with van der Waals surface area (Å²) in [5, 5.41) is 9.21. The summed E-state index contributed by atoms with van der Waals surface area (Å²) in [6, 6.07) is 1.92. The number of aromatic nitrogens is 3. The molecule has 0 aliphatic carbocycles. The van der Waals surface area contributed by atoms with Gasteiger partial charge in [-0.15, -0.1) is 21.8 Å². The Labute approximate surface area is 109 Å². The summed E-state index contributed by atoms with van der Waals surface area (Å²) in [4.78, 5) is 0. The first-order valence-corrected chi connectivity index (χ1v) is 6.88. The Bertz CT molecular complexity index is 495. The van der Waals surface area contributed by atoms with Gasteiger partial charge in [0.1, 0.15) is 0 Å². The molecular weight excluding hydrogens is 258 g/mol. The lowest BCUT2D eigenvalue weighted by Gasteiger charge is -2.01. The van der Waals surface area contributed by atoms with Gasteiger partial charge in [0.15, 0.2) is 16.7 Å². The monoisotopic (exact) mass is 271 g/mol. The number of furan rings is 1. The molecule has 0 spiro atoms. The average Bonchev–Trinajstić information content (AvgIpc) is 2.87. The molecule has 0 saturated heterocycles. The van der Waals surface area contributed by atoms with Crippen molar-refractivity contribution >= 4 is 23.4 Å². The second kappa shape index (κ2) is 5.60. The minimum Gasteiger partial charge on any atom is -0.461 e. The van der Waals surface area contributed by atoms with Crippen molar-refractivity contribution in [1.82, 2.24) is 14.8 Å². The van der Waals surface area contributed by atoms with E-state index < -0.39 is 0 Å². The van der Waals surface area contributed by atoms with Crippen LogP contribution in [0.5, 0.6) is 0 Å². The van der Waals surface area contributed by atoms with E-state index in [2.05, 4.69) is 10.2 Å². The van der Waals surface area contributed by atoms with E-state index in [4.69, 9.17) is 16.0 Å². The van der Waals surface area contributed by atoms with E-state index in [-0.39, 0.29) is 0 Å². The molecule has 6 heteroatoms. The van der Waals surface area contributed by atoms with Gasteiger partial charge in [-0.1, -0.05) is 11.8 Å². The Morgan fingerprint density at radius 2 is 2.29 bits per heavy atom. The fourth-order valence-corrected chi connectivity index (χ4v) is 2.60. The Morgan fingerprint density at radius 3 is 2.94 bits per heavy atom. The molecule has 92 valence electrons. The Balaban J connectivity index is 2.18. The summed E-state index contributed by atoms with van der Waals surface area (Å²) in [7, 11) is 1.94. The quantitative estimate of drug-likeness (QED) is 0.476. The molecule has 0 atom stereocenters. The summed E-state index contributed by atoms with van der Waals surface area (Å²) in [5.41, 5.74) is 1.07. The van der Waals surface area contributed by atoms with E-state index in [1.165, 1.54) is 0 Å². The van der Waals surface area contributed by atoms with Gasteiger partial charge in [0.25, 0.3) is 0 Å². The van der Waals surface area contributed by atoms with Gasteiger partial charge in [-0.25, -0.2) is 0 Å². The molecule has 0 amide bonds. The largest absolute Gasteiger partial charge is 0.461 e. The lowest BCUT2D eigenvalue weighted by molar-refractivity contribution is 0.570. The number of hydrogen-bond acceptors (Lipinski definition) is 4. The average molecular weight is 272 g/mol. The van der Waals surface area contributed by atoms with Crippen LogP contribution >= 0.6 is 23.4 Å². The number of halogens is 1. The van der Waals surface area contributed by atoms with Crippen LogP contribution < -0.4 is 0 Å². The zero-order valence-corrected chi connectivity index (χ0v) is 11.4. The molecule has 0 unspecified atom stereocenters. The minimum absolute atomic E-state index is 0.676. The minimum atomic E-state index is 0.676. The number of aryl methyl sites for hydroxylation is 1. The summed E-state index contributed by atoms with van der Waals surface area (Å²) in [5.74, 6) is 3.17. The molecule has 0 fully saturated rings. The van der Waals surface area contributed by atoms with Crippen LogP contribution in [-0.2, 0) is 7.05 Å². The molecule has 17 heavy (non-hydrogen) atoms. The van der Waals surface area contributed by atoms with Crippen molar-refractivity contribution in [3.05, 3.63) is 17.9 Å². The van der Waals surface area contributed by atoms with Crippen LogP contribution in [0.1, 0.15) is 12.0 Å². The molecule has 0 N–H and O–H groups in total. The van der Waals surface area contributed by atoms with E-state index in [1.54, 1.807) is 18.0 Å². The number of alkyl halides is 1. The first-order chi connectivity index (χ1) is 8.24. The van der Waals surface area contributed by atoms with Crippen molar-refractivity contribution in [2.24, 2.45) is 7.05 Å². The van der Waals surface area contributed by atoms with Crippen LogP contribution in [0.15, 0.2) is 21.9 Å². The van der Waals surface area contributed by atoms with Crippen LogP contribution in [0.2, 0.25) is 0 Å². The van der Waals surface area contributed by atoms with E-state index in [0.717, 1.165) is 34.5 Å². The first-order valence-electron chi connectivity index (χ1n) is 5.36. The van der Waals surface area contributed by atoms with Gasteiger partial charge >= 0.3 is 0 Å². The maximum Gasteiger partial charge on any atom is 0.200 e. The second-order valence-electron chi connectivity index (χ2n) is 3.69. The van der Waals surface area contributed by atoms with E-state index in [1.807, 2.05) is 24.6 Å². The topological polar surface area (TPSA) is 43.9 Å². The van der Waals surface area contributed by atoms with Crippen molar-refractivity contribution in [3.63, 3.8) is 0 Å². The first kappa shape index (κ1) is 12.5. The van der Waals surface area contributed by atoms with Gasteiger partial charge in [-0.2, -0.15) is 0 Å². The summed E-state index contributed by atoms with van der Waals surface area (Å²) in [6.07, 6.45) is 2.63. The highest BCUT2D eigenvalue weighted by molar-refractivity contribution is 7.99.